The fourth-order valence-corrected chi connectivity index (χ4v) is 3.77. The standard InChI is InChI=1S/C17H19F2N3OS/c18-13-5-4-11(9-14(13)19)8-12-10-21-16(24-12)22-15(23)17(20)6-2-1-3-7-17/h4-5,9-10H,1-3,6-8,20H2,(H,21,22,23). The Kier molecular flexibility index (Phi) is 4.91. The molecule has 1 heterocycles. The lowest BCUT2D eigenvalue weighted by atomic mass is 9.82. The highest BCUT2D eigenvalue weighted by molar-refractivity contribution is 7.15. The Labute approximate surface area is 143 Å². The summed E-state index contributed by atoms with van der Waals surface area (Å²) in [5.74, 6) is -1.93. The summed E-state index contributed by atoms with van der Waals surface area (Å²) in [5.41, 5.74) is 6.03. The summed E-state index contributed by atoms with van der Waals surface area (Å²) in [6.45, 7) is 0. The van der Waals surface area contributed by atoms with Crippen LogP contribution < -0.4 is 11.1 Å². The predicted molar refractivity (Wildman–Crippen MR) is 89.9 cm³/mol. The summed E-state index contributed by atoms with van der Waals surface area (Å²) in [6, 6.07) is 3.81. The van der Waals surface area contributed by atoms with E-state index in [4.69, 9.17) is 5.73 Å². The first-order valence-electron chi connectivity index (χ1n) is 7.95. The van der Waals surface area contributed by atoms with Crippen molar-refractivity contribution in [3.63, 3.8) is 0 Å². The molecule has 0 saturated heterocycles. The SMILES string of the molecule is NC1(C(=O)Nc2ncc(Cc3ccc(F)c(F)c3)s2)CCCCC1. The minimum Gasteiger partial charge on any atom is -0.317 e. The number of halogens is 2. The molecule has 7 heteroatoms. The van der Waals surface area contributed by atoms with Crippen molar-refractivity contribution >= 4 is 22.4 Å². The van der Waals surface area contributed by atoms with Gasteiger partial charge in [-0.05, 0) is 30.5 Å². The highest BCUT2D eigenvalue weighted by Gasteiger charge is 2.35. The van der Waals surface area contributed by atoms with Crippen LogP contribution >= 0.6 is 11.3 Å². The number of hydrogen-bond acceptors (Lipinski definition) is 4. The average molecular weight is 351 g/mol. The molecule has 1 saturated carbocycles. The van der Waals surface area contributed by atoms with Crippen LogP contribution in [0.25, 0.3) is 0 Å². The van der Waals surface area contributed by atoms with Gasteiger partial charge in [0.1, 0.15) is 0 Å². The molecule has 2 aromatic rings. The maximum atomic E-state index is 13.2. The van der Waals surface area contributed by atoms with E-state index >= 15 is 0 Å². The van der Waals surface area contributed by atoms with Crippen molar-refractivity contribution in [2.45, 2.75) is 44.1 Å². The van der Waals surface area contributed by atoms with Crippen molar-refractivity contribution in [3.05, 3.63) is 46.5 Å². The molecule has 1 aliphatic rings. The van der Waals surface area contributed by atoms with Crippen LogP contribution in [0.1, 0.15) is 42.5 Å². The van der Waals surface area contributed by atoms with Gasteiger partial charge in [0.05, 0.1) is 5.54 Å². The Morgan fingerprint density at radius 1 is 1.25 bits per heavy atom. The first-order valence-corrected chi connectivity index (χ1v) is 8.77. The zero-order chi connectivity index (χ0) is 17.2. The first kappa shape index (κ1) is 17.0. The monoisotopic (exact) mass is 351 g/mol. The van der Waals surface area contributed by atoms with Crippen molar-refractivity contribution in [2.24, 2.45) is 5.73 Å². The van der Waals surface area contributed by atoms with Crippen LogP contribution in [0, 0.1) is 11.6 Å². The van der Waals surface area contributed by atoms with Crippen molar-refractivity contribution < 1.29 is 13.6 Å². The Hall–Kier alpha value is -1.86. The summed E-state index contributed by atoms with van der Waals surface area (Å²) in [5, 5.41) is 3.27. The summed E-state index contributed by atoms with van der Waals surface area (Å²) >= 11 is 1.31. The van der Waals surface area contributed by atoms with Gasteiger partial charge in [-0.2, -0.15) is 0 Å². The first-order chi connectivity index (χ1) is 11.5. The second kappa shape index (κ2) is 6.94. The minimum atomic E-state index is -0.868. The summed E-state index contributed by atoms with van der Waals surface area (Å²) in [7, 11) is 0. The molecule has 0 radical (unpaired) electrons. The molecule has 0 unspecified atom stereocenters. The van der Waals surface area contributed by atoms with Gasteiger partial charge in [0.2, 0.25) is 5.91 Å². The van der Waals surface area contributed by atoms with Gasteiger partial charge in [0.25, 0.3) is 0 Å². The van der Waals surface area contributed by atoms with Gasteiger partial charge in [-0.25, -0.2) is 13.8 Å². The molecule has 1 amide bonds. The smallest absolute Gasteiger partial charge is 0.246 e. The van der Waals surface area contributed by atoms with E-state index in [0.717, 1.165) is 30.2 Å². The number of nitrogens with zero attached hydrogens (tertiary/aromatic N) is 1. The number of amides is 1. The van der Waals surface area contributed by atoms with Gasteiger partial charge in [-0.3, -0.25) is 4.79 Å². The number of hydrogen-bond donors (Lipinski definition) is 2. The quantitative estimate of drug-likeness (QED) is 0.884. The molecule has 4 nitrogen and oxygen atoms in total. The van der Waals surface area contributed by atoms with Gasteiger partial charge in [0, 0.05) is 17.5 Å². The second-order valence-corrected chi connectivity index (χ2v) is 7.34. The van der Waals surface area contributed by atoms with E-state index in [1.165, 1.54) is 23.5 Å². The fraction of sp³-hybridized carbons (Fsp3) is 0.412. The fourth-order valence-electron chi connectivity index (χ4n) is 2.93. The Morgan fingerprint density at radius 2 is 2.00 bits per heavy atom. The molecular formula is C17H19F2N3OS. The van der Waals surface area contributed by atoms with E-state index in [9.17, 15) is 13.6 Å². The Balaban J connectivity index is 1.64. The third kappa shape index (κ3) is 3.79. The molecule has 0 spiro atoms. The molecule has 1 aromatic carbocycles. The zero-order valence-corrected chi connectivity index (χ0v) is 14.0. The van der Waals surface area contributed by atoms with Crippen molar-refractivity contribution in [1.82, 2.24) is 4.98 Å². The number of nitrogens with two attached hydrogens (primary N) is 1. The lowest BCUT2D eigenvalue weighted by Crippen LogP contribution is -2.52. The Morgan fingerprint density at radius 3 is 2.71 bits per heavy atom. The van der Waals surface area contributed by atoms with Crippen LogP contribution in [-0.2, 0) is 11.2 Å². The Bertz CT molecular complexity index is 741. The maximum absolute atomic E-state index is 13.2. The van der Waals surface area contributed by atoms with Crippen LogP contribution in [0.5, 0.6) is 0 Å². The number of benzene rings is 1. The van der Waals surface area contributed by atoms with E-state index in [0.29, 0.717) is 30.0 Å². The van der Waals surface area contributed by atoms with Crippen molar-refractivity contribution in [2.75, 3.05) is 5.32 Å². The largest absolute Gasteiger partial charge is 0.317 e. The molecule has 128 valence electrons. The van der Waals surface area contributed by atoms with E-state index in [2.05, 4.69) is 10.3 Å². The van der Waals surface area contributed by atoms with E-state index < -0.39 is 17.2 Å². The molecule has 1 aromatic heterocycles. The topological polar surface area (TPSA) is 68.0 Å². The van der Waals surface area contributed by atoms with Crippen LogP contribution in [-0.4, -0.2) is 16.4 Å². The number of anilines is 1. The number of carbonyl (C=O) groups is 1. The lowest BCUT2D eigenvalue weighted by molar-refractivity contribution is -0.122. The molecule has 3 rings (SSSR count). The third-order valence-electron chi connectivity index (χ3n) is 4.33. The van der Waals surface area contributed by atoms with Crippen LogP contribution in [0.3, 0.4) is 0 Å². The minimum absolute atomic E-state index is 0.198. The summed E-state index contributed by atoms with van der Waals surface area (Å²) < 4.78 is 26.2. The van der Waals surface area contributed by atoms with Gasteiger partial charge < -0.3 is 11.1 Å². The highest BCUT2D eigenvalue weighted by Crippen LogP contribution is 2.28. The van der Waals surface area contributed by atoms with E-state index in [1.807, 2.05) is 0 Å². The molecule has 24 heavy (non-hydrogen) atoms. The molecule has 3 N–H and O–H groups in total. The summed E-state index contributed by atoms with van der Waals surface area (Å²) in [6.07, 6.45) is 6.47. The average Bonchev–Trinajstić information content (AvgIpc) is 2.99. The lowest BCUT2D eigenvalue weighted by Gasteiger charge is -2.31. The van der Waals surface area contributed by atoms with Crippen molar-refractivity contribution in [1.29, 1.82) is 0 Å². The molecular weight excluding hydrogens is 332 g/mol. The number of carbonyl (C=O) groups excluding carboxylic acids is 1. The van der Waals surface area contributed by atoms with Gasteiger partial charge in [-0.15, -0.1) is 11.3 Å². The molecule has 1 aliphatic carbocycles. The molecule has 1 fully saturated rings. The van der Waals surface area contributed by atoms with Gasteiger partial charge in [0.15, 0.2) is 16.8 Å². The predicted octanol–water partition coefficient (Wildman–Crippen LogP) is 3.61. The van der Waals surface area contributed by atoms with Crippen molar-refractivity contribution in [3.8, 4) is 0 Å². The molecule has 0 atom stereocenters. The number of aromatic nitrogens is 1. The number of nitrogens with one attached hydrogen (secondary N) is 1. The maximum Gasteiger partial charge on any atom is 0.246 e. The highest BCUT2D eigenvalue weighted by atomic mass is 32.1. The number of rotatable bonds is 4. The third-order valence-corrected chi connectivity index (χ3v) is 5.25. The van der Waals surface area contributed by atoms with E-state index in [1.54, 1.807) is 6.20 Å². The normalized spacial score (nSPS) is 16.8. The zero-order valence-electron chi connectivity index (χ0n) is 13.1. The molecule has 0 aliphatic heterocycles. The second-order valence-electron chi connectivity index (χ2n) is 6.23. The van der Waals surface area contributed by atoms with Gasteiger partial charge in [-0.1, -0.05) is 25.3 Å². The number of thiazole rings is 1. The summed E-state index contributed by atoms with van der Waals surface area (Å²) in [4.78, 5) is 17.4. The van der Waals surface area contributed by atoms with E-state index in [-0.39, 0.29) is 5.91 Å². The van der Waals surface area contributed by atoms with Crippen LogP contribution in [0.15, 0.2) is 24.4 Å². The van der Waals surface area contributed by atoms with Gasteiger partial charge >= 0.3 is 0 Å². The van der Waals surface area contributed by atoms with Crippen LogP contribution in [0.4, 0.5) is 13.9 Å². The molecule has 0 bridgehead atoms. The van der Waals surface area contributed by atoms with Crippen LogP contribution in [0.2, 0.25) is 0 Å².